The lowest BCUT2D eigenvalue weighted by atomic mass is 10.1. The molecule has 3 heterocycles. The summed E-state index contributed by atoms with van der Waals surface area (Å²) >= 11 is 0. The van der Waals surface area contributed by atoms with Crippen molar-refractivity contribution in [3.8, 4) is 5.69 Å². The van der Waals surface area contributed by atoms with Crippen LogP contribution in [0, 0.1) is 12.3 Å². The maximum absolute atomic E-state index is 13.4. The Labute approximate surface area is 195 Å². The van der Waals surface area contributed by atoms with Crippen LogP contribution in [0.4, 0.5) is 0 Å². The molecule has 0 saturated heterocycles. The number of pyridine rings is 2. The van der Waals surface area contributed by atoms with E-state index in [1.165, 1.54) is 10.5 Å². The van der Waals surface area contributed by atoms with Gasteiger partial charge in [-0.3, -0.25) is 24.0 Å². The molecule has 168 valence electrons. The number of amides is 1. The molecule has 5 aromatic rings. The fourth-order valence-electron chi connectivity index (χ4n) is 4.04. The number of fused-ring (bicyclic) bond motifs is 2. The Balaban J connectivity index is 1.66. The molecule has 0 aliphatic heterocycles. The van der Waals surface area contributed by atoms with E-state index in [-0.39, 0.29) is 22.0 Å². The Hall–Kier alpha value is -4.52. The van der Waals surface area contributed by atoms with E-state index in [1.807, 2.05) is 73.7 Å². The molecule has 0 radical (unpaired) electrons. The van der Waals surface area contributed by atoms with Crippen molar-refractivity contribution in [2.24, 2.45) is 0 Å². The van der Waals surface area contributed by atoms with Crippen LogP contribution in [0.2, 0.25) is 0 Å². The van der Waals surface area contributed by atoms with E-state index in [9.17, 15) is 9.59 Å². The summed E-state index contributed by atoms with van der Waals surface area (Å²) in [6.07, 6.45) is 2.39. The molecule has 0 bridgehead atoms. The Morgan fingerprint density at radius 2 is 1.71 bits per heavy atom. The number of aryl methyl sites for hydroxylation is 1. The van der Waals surface area contributed by atoms with Crippen LogP contribution in [0.15, 0.2) is 89.9 Å². The summed E-state index contributed by atoms with van der Waals surface area (Å²) < 4.78 is 3.04. The molecule has 2 N–H and O–H groups in total. The van der Waals surface area contributed by atoms with E-state index >= 15 is 0 Å². The summed E-state index contributed by atoms with van der Waals surface area (Å²) in [5.74, 6) is -0.402. The Morgan fingerprint density at radius 3 is 2.44 bits per heavy atom. The number of carbonyl (C=O) groups excluding carboxylic acids is 1. The third kappa shape index (κ3) is 3.88. The van der Waals surface area contributed by atoms with Gasteiger partial charge in [-0.25, -0.2) is 4.98 Å². The first-order valence-electron chi connectivity index (χ1n) is 11.0. The van der Waals surface area contributed by atoms with Crippen molar-refractivity contribution in [2.45, 2.75) is 13.3 Å². The first-order chi connectivity index (χ1) is 16.5. The van der Waals surface area contributed by atoms with Crippen molar-refractivity contribution in [1.82, 2.24) is 19.3 Å². The number of aromatic nitrogens is 3. The highest BCUT2D eigenvalue weighted by molar-refractivity contribution is 5.97. The molecule has 0 unspecified atom stereocenters. The van der Waals surface area contributed by atoms with Gasteiger partial charge < -0.3 is 5.32 Å². The van der Waals surface area contributed by atoms with E-state index in [0.29, 0.717) is 29.9 Å². The SMILES string of the molecule is Cc1ccc2nc3c(cc(C(=O)NCCc4ccccc4)c(=N)n3-c3ccccc3)c(=O)n2c1. The fourth-order valence-corrected chi connectivity index (χ4v) is 4.04. The second kappa shape index (κ2) is 8.78. The number of benzene rings is 2. The lowest BCUT2D eigenvalue weighted by Crippen LogP contribution is -2.35. The molecule has 0 aliphatic carbocycles. The zero-order valence-electron chi connectivity index (χ0n) is 18.7. The molecular weight excluding hydrogens is 426 g/mol. The third-order valence-corrected chi connectivity index (χ3v) is 5.77. The molecule has 5 rings (SSSR count). The van der Waals surface area contributed by atoms with Gasteiger partial charge in [0, 0.05) is 18.4 Å². The molecule has 0 spiro atoms. The number of rotatable bonds is 5. The molecule has 0 aliphatic rings. The standard InChI is InChI=1S/C27H23N5O2/c1-18-12-13-23-30-25-22(27(34)31(23)17-18)16-21(24(28)32(25)20-10-6-3-7-11-20)26(33)29-15-14-19-8-4-2-5-9-19/h2-13,16-17,28H,14-15H2,1H3,(H,29,33). The van der Waals surface area contributed by atoms with Crippen LogP contribution in [-0.2, 0) is 6.42 Å². The van der Waals surface area contributed by atoms with Gasteiger partial charge in [-0.1, -0.05) is 54.6 Å². The van der Waals surface area contributed by atoms with Gasteiger partial charge in [-0.05, 0) is 48.7 Å². The van der Waals surface area contributed by atoms with Crippen LogP contribution in [-0.4, -0.2) is 26.4 Å². The number of hydrogen-bond donors (Lipinski definition) is 2. The van der Waals surface area contributed by atoms with Crippen molar-refractivity contribution in [2.75, 3.05) is 6.54 Å². The fraction of sp³-hybridized carbons (Fsp3) is 0.111. The summed E-state index contributed by atoms with van der Waals surface area (Å²) in [4.78, 5) is 31.3. The van der Waals surface area contributed by atoms with Crippen molar-refractivity contribution >= 4 is 22.6 Å². The van der Waals surface area contributed by atoms with Crippen molar-refractivity contribution in [3.05, 3.63) is 118 Å². The zero-order valence-corrected chi connectivity index (χ0v) is 18.7. The van der Waals surface area contributed by atoms with Crippen molar-refractivity contribution in [3.63, 3.8) is 0 Å². The molecule has 0 atom stereocenters. The lowest BCUT2D eigenvalue weighted by molar-refractivity contribution is 0.0952. The Kier molecular flexibility index (Phi) is 5.51. The normalized spacial score (nSPS) is 11.1. The monoisotopic (exact) mass is 449 g/mol. The van der Waals surface area contributed by atoms with Crippen LogP contribution in [0.25, 0.3) is 22.4 Å². The zero-order chi connectivity index (χ0) is 23.7. The highest BCUT2D eigenvalue weighted by Crippen LogP contribution is 2.15. The minimum Gasteiger partial charge on any atom is -0.352 e. The quantitative estimate of drug-likeness (QED) is 0.403. The molecule has 2 aromatic carbocycles. The smallest absolute Gasteiger partial charge is 0.267 e. The summed E-state index contributed by atoms with van der Waals surface area (Å²) in [6.45, 7) is 2.32. The maximum Gasteiger partial charge on any atom is 0.267 e. The first kappa shape index (κ1) is 21.3. The largest absolute Gasteiger partial charge is 0.352 e. The first-order valence-corrected chi connectivity index (χ1v) is 11.0. The summed E-state index contributed by atoms with van der Waals surface area (Å²) in [5, 5.41) is 12.0. The number of hydrogen-bond acceptors (Lipinski definition) is 4. The third-order valence-electron chi connectivity index (χ3n) is 5.77. The topological polar surface area (TPSA) is 92.2 Å². The van der Waals surface area contributed by atoms with Gasteiger partial charge in [-0.2, -0.15) is 0 Å². The van der Waals surface area contributed by atoms with E-state index in [2.05, 4.69) is 5.32 Å². The van der Waals surface area contributed by atoms with Gasteiger partial charge in [-0.15, -0.1) is 0 Å². The van der Waals surface area contributed by atoms with E-state index in [4.69, 9.17) is 10.4 Å². The van der Waals surface area contributed by atoms with E-state index in [1.54, 1.807) is 16.8 Å². The van der Waals surface area contributed by atoms with Gasteiger partial charge in [0.2, 0.25) is 0 Å². The molecule has 7 heteroatoms. The minimum absolute atomic E-state index is 0.0285. The molecule has 3 aromatic heterocycles. The highest BCUT2D eigenvalue weighted by atomic mass is 16.1. The average molecular weight is 450 g/mol. The summed E-state index contributed by atoms with van der Waals surface area (Å²) in [5.41, 5.74) is 3.30. The molecule has 34 heavy (non-hydrogen) atoms. The molecule has 0 saturated carbocycles. The minimum atomic E-state index is -0.402. The van der Waals surface area contributed by atoms with Crippen LogP contribution >= 0.6 is 0 Å². The average Bonchev–Trinajstić information content (AvgIpc) is 2.85. The van der Waals surface area contributed by atoms with Gasteiger partial charge in [0.05, 0.1) is 10.9 Å². The van der Waals surface area contributed by atoms with Crippen LogP contribution < -0.4 is 16.4 Å². The van der Waals surface area contributed by atoms with Gasteiger partial charge in [0.1, 0.15) is 11.1 Å². The van der Waals surface area contributed by atoms with Crippen molar-refractivity contribution < 1.29 is 4.79 Å². The summed E-state index contributed by atoms with van der Waals surface area (Å²) in [7, 11) is 0. The predicted molar refractivity (Wildman–Crippen MR) is 131 cm³/mol. The van der Waals surface area contributed by atoms with Gasteiger partial charge >= 0.3 is 0 Å². The highest BCUT2D eigenvalue weighted by Gasteiger charge is 2.18. The number of carbonyl (C=O) groups is 1. The van der Waals surface area contributed by atoms with Gasteiger partial charge in [0.15, 0.2) is 5.65 Å². The molecule has 0 fully saturated rings. The summed E-state index contributed by atoms with van der Waals surface area (Å²) in [6, 6.07) is 24.2. The lowest BCUT2D eigenvalue weighted by Gasteiger charge is -2.15. The molecular formula is C27H23N5O2. The van der Waals surface area contributed by atoms with E-state index < -0.39 is 5.91 Å². The van der Waals surface area contributed by atoms with Gasteiger partial charge in [0.25, 0.3) is 11.5 Å². The van der Waals surface area contributed by atoms with Crippen LogP contribution in [0.3, 0.4) is 0 Å². The Bertz CT molecular complexity index is 1640. The van der Waals surface area contributed by atoms with E-state index in [0.717, 1.165) is 11.1 Å². The molecule has 1 amide bonds. The van der Waals surface area contributed by atoms with Crippen LogP contribution in [0.5, 0.6) is 0 Å². The Morgan fingerprint density at radius 1 is 1.00 bits per heavy atom. The predicted octanol–water partition coefficient (Wildman–Crippen LogP) is 3.40. The van der Waals surface area contributed by atoms with Crippen LogP contribution in [0.1, 0.15) is 21.5 Å². The second-order valence-electron chi connectivity index (χ2n) is 8.16. The number of nitrogens with zero attached hydrogens (tertiary/aromatic N) is 3. The molecule has 7 nitrogen and oxygen atoms in total. The second-order valence-corrected chi connectivity index (χ2v) is 8.16. The number of nitrogens with one attached hydrogen (secondary N) is 2. The number of para-hydroxylation sites is 1. The van der Waals surface area contributed by atoms with Crippen molar-refractivity contribution in [1.29, 1.82) is 5.41 Å². The maximum atomic E-state index is 13.4.